The van der Waals surface area contributed by atoms with Crippen molar-refractivity contribution >= 4 is 5.91 Å². The molecule has 0 saturated carbocycles. The molecule has 2 rings (SSSR count). The van der Waals surface area contributed by atoms with Gasteiger partial charge in [0.1, 0.15) is 12.4 Å². The third kappa shape index (κ3) is 3.40. The van der Waals surface area contributed by atoms with E-state index in [0.717, 1.165) is 12.5 Å². The van der Waals surface area contributed by atoms with Crippen LogP contribution in [0.5, 0.6) is 0 Å². The Kier molecular flexibility index (Phi) is 4.42. The van der Waals surface area contributed by atoms with E-state index in [1.54, 1.807) is 0 Å². The molecule has 6 nitrogen and oxygen atoms in total. The van der Waals surface area contributed by atoms with Crippen molar-refractivity contribution in [2.45, 2.75) is 6.54 Å². The number of rotatable bonds is 3. The Morgan fingerprint density at radius 2 is 2.35 bits per heavy atom. The summed E-state index contributed by atoms with van der Waals surface area (Å²) in [6, 6.07) is 3.64. The minimum Gasteiger partial charge on any atom is -0.384 e. The molecule has 2 aromatic rings. The number of halogens is 1. The summed E-state index contributed by atoms with van der Waals surface area (Å²) < 4.78 is 17.8. The van der Waals surface area contributed by atoms with Gasteiger partial charge < -0.3 is 14.9 Å². The number of hydrogen-bond donors (Lipinski definition) is 2. The van der Waals surface area contributed by atoms with Crippen LogP contribution in [0.4, 0.5) is 4.39 Å². The van der Waals surface area contributed by atoms with E-state index in [9.17, 15) is 9.18 Å². The molecule has 0 fully saturated rings. The highest BCUT2D eigenvalue weighted by atomic mass is 19.1. The van der Waals surface area contributed by atoms with E-state index in [1.165, 1.54) is 12.1 Å². The smallest absolute Gasteiger partial charge is 0.253 e. The van der Waals surface area contributed by atoms with Crippen molar-refractivity contribution in [2.24, 2.45) is 0 Å². The number of carbonyl (C=O) groups excluding carboxylic acids is 1. The predicted octanol–water partition coefficient (Wildman–Crippen LogP) is 0.483. The molecule has 0 aliphatic rings. The predicted molar refractivity (Wildman–Crippen MR) is 65.8 cm³/mol. The Bertz CT molecular complexity index is 659. The van der Waals surface area contributed by atoms with Crippen LogP contribution in [-0.4, -0.2) is 27.8 Å². The molecule has 0 bridgehead atoms. The van der Waals surface area contributed by atoms with E-state index in [2.05, 4.69) is 31.8 Å². The van der Waals surface area contributed by atoms with Crippen molar-refractivity contribution in [1.82, 2.24) is 15.5 Å². The molecule has 20 heavy (non-hydrogen) atoms. The zero-order valence-electron chi connectivity index (χ0n) is 10.3. The summed E-state index contributed by atoms with van der Waals surface area (Å²) in [7, 11) is 0. The number of aromatic nitrogens is 2. The minimum absolute atomic E-state index is 0.0543. The van der Waals surface area contributed by atoms with Crippen LogP contribution < -0.4 is 5.32 Å². The van der Waals surface area contributed by atoms with Gasteiger partial charge in [0.25, 0.3) is 5.91 Å². The average Bonchev–Trinajstić information content (AvgIpc) is 2.96. The number of amides is 1. The first-order valence-corrected chi connectivity index (χ1v) is 5.63. The van der Waals surface area contributed by atoms with Crippen molar-refractivity contribution in [3.63, 3.8) is 0 Å². The average molecular weight is 275 g/mol. The first-order chi connectivity index (χ1) is 9.70. The Labute approximate surface area is 113 Å². The molecule has 1 amide bonds. The van der Waals surface area contributed by atoms with Gasteiger partial charge in [0.15, 0.2) is 5.82 Å². The number of benzene rings is 1. The molecule has 0 aliphatic heterocycles. The lowest BCUT2D eigenvalue weighted by atomic mass is 10.1. The van der Waals surface area contributed by atoms with Crippen LogP contribution in [-0.2, 0) is 6.54 Å². The fourth-order valence-electron chi connectivity index (χ4n) is 1.47. The normalized spacial score (nSPS) is 9.70. The van der Waals surface area contributed by atoms with Gasteiger partial charge in [0.05, 0.1) is 12.1 Å². The molecule has 1 aromatic carbocycles. The lowest BCUT2D eigenvalue weighted by Crippen LogP contribution is -2.24. The van der Waals surface area contributed by atoms with Crippen LogP contribution in [0.25, 0.3) is 0 Å². The van der Waals surface area contributed by atoms with Gasteiger partial charge in [-0.2, -0.15) is 4.98 Å². The summed E-state index contributed by atoms with van der Waals surface area (Å²) in [5.41, 5.74) is 0.403. The Morgan fingerprint density at radius 1 is 1.50 bits per heavy atom. The molecule has 0 saturated heterocycles. The number of aliphatic hydroxyl groups excluding tert-OH is 1. The van der Waals surface area contributed by atoms with E-state index < -0.39 is 11.7 Å². The monoisotopic (exact) mass is 275 g/mol. The first-order valence-electron chi connectivity index (χ1n) is 5.63. The summed E-state index contributed by atoms with van der Waals surface area (Å²) in [6.07, 6.45) is 1.14. The molecular weight excluding hydrogens is 265 g/mol. The number of aliphatic hydroxyl groups is 1. The molecule has 7 heteroatoms. The van der Waals surface area contributed by atoms with Crippen LogP contribution in [0.3, 0.4) is 0 Å². The number of hydrogen-bond acceptors (Lipinski definition) is 5. The van der Waals surface area contributed by atoms with Gasteiger partial charge in [-0.05, 0) is 18.2 Å². The quantitative estimate of drug-likeness (QED) is 0.795. The molecule has 2 N–H and O–H groups in total. The Morgan fingerprint density at radius 3 is 3.05 bits per heavy atom. The number of nitrogens with one attached hydrogen (secondary N) is 1. The van der Waals surface area contributed by atoms with Crippen molar-refractivity contribution in [3.05, 3.63) is 47.4 Å². The molecule has 0 unspecified atom stereocenters. The van der Waals surface area contributed by atoms with E-state index in [1.807, 2.05) is 0 Å². The summed E-state index contributed by atoms with van der Waals surface area (Å²) in [4.78, 5) is 15.7. The van der Waals surface area contributed by atoms with Gasteiger partial charge in [-0.1, -0.05) is 17.0 Å². The van der Waals surface area contributed by atoms with Crippen LogP contribution in [0.15, 0.2) is 29.1 Å². The molecule has 102 valence electrons. The lowest BCUT2D eigenvalue weighted by Gasteiger charge is -2.05. The second-order valence-electron chi connectivity index (χ2n) is 3.68. The van der Waals surface area contributed by atoms with Gasteiger partial charge in [0.2, 0.25) is 6.39 Å². The minimum atomic E-state index is -0.552. The number of carbonyl (C=O) groups is 1. The van der Waals surface area contributed by atoms with E-state index >= 15 is 0 Å². The third-order valence-corrected chi connectivity index (χ3v) is 2.34. The lowest BCUT2D eigenvalue weighted by molar-refractivity contribution is 0.0949. The maximum absolute atomic E-state index is 13.2. The highest BCUT2D eigenvalue weighted by molar-refractivity contribution is 5.96. The van der Waals surface area contributed by atoms with Crippen LogP contribution in [0.1, 0.15) is 21.7 Å². The van der Waals surface area contributed by atoms with Gasteiger partial charge in [-0.25, -0.2) is 4.39 Å². The third-order valence-electron chi connectivity index (χ3n) is 2.34. The summed E-state index contributed by atoms with van der Waals surface area (Å²) in [5, 5.41) is 14.7. The van der Waals surface area contributed by atoms with E-state index in [0.29, 0.717) is 11.4 Å². The summed E-state index contributed by atoms with van der Waals surface area (Å²) in [6.45, 7) is -0.292. The fourth-order valence-corrected chi connectivity index (χ4v) is 1.47. The second-order valence-corrected chi connectivity index (χ2v) is 3.68. The zero-order valence-corrected chi connectivity index (χ0v) is 10.3. The maximum Gasteiger partial charge on any atom is 0.253 e. The molecule has 0 radical (unpaired) electrons. The van der Waals surface area contributed by atoms with Gasteiger partial charge in [0, 0.05) is 5.56 Å². The van der Waals surface area contributed by atoms with Crippen LogP contribution >= 0.6 is 0 Å². The van der Waals surface area contributed by atoms with Crippen LogP contribution in [0, 0.1) is 17.7 Å². The Hall–Kier alpha value is -2.72. The second kappa shape index (κ2) is 6.45. The largest absolute Gasteiger partial charge is 0.384 e. The molecular formula is C13H10FN3O3. The fraction of sp³-hybridized carbons (Fsp3) is 0.154. The van der Waals surface area contributed by atoms with Crippen molar-refractivity contribution in [3.8, 4) is 11.8 Å². The van der Waals surface area contributed by atoms with Crippen LogP contribution in [0.2, 0.25) is 0 Å². The zero-order chi connectivity index (χ0) is 14.4. The van der Waals surface area contributed by atoms with Crippen molar-refractivity contribution < 1.29 is 18.8 Å². The molecule has 0 atom stereocenters. The molecule has 1 aromatic heterocycles. The highest BCUT2D eigenvalue weighted by Crippen LogP contribution is 2.10. The van der Waals surface area contributed by atoms with Gasteiger partial charge in [-0.3, -0.25) is 4.79 Å². The van der Waals surface area contributed by atoms with Crippen molar-refractivity contribution in [1.29, 1.82) is 0 Å². The molecule has 0 aliphatic carbocycles. The highest BCUT2D eigenvalue weighted by Gasteiger charge is 2.12. The topological polar surface area (TPSA) is 88.3 Å². The van der Waals surface area contributed by atoms with E-state index in [-0.39, 0.29) is 18.7 Å². The molecule has 0 spiro atoms. The van der Waals surface area contributed by atoms with Crippen molar-refractivity contribution in [2.75, 3.05) is 6.61 Å². The SMILES string of the molecule is O=C(NCc1ncon1)c1cc(F)ccc1C#CCO. The summed E-state index contributed by atoms with van der Waals surface area (Å²) >= 11 is 0. The van der Waals surface area contributed by atoms with Gasteiger partial charge >= 0.3 is 0 Å². The summed E-state index contributed by atoms with van der Waals surface area (Å²) in [5.74, 6) is 4.23. The molecule has 1 heterocycles. The maximum atomic E-state index is 13.2. The Balaban J connectivity index is 2.17. The van der Waals surface area contributed by atoms with E-state index in [4.69, 9.17) is 5.11 Å². The number of nitrogens with zero attached hydrogens (tertiary/aromatic N) is 2. The standard InChI is InChI=1S/C13H10FN3O3/c14-10-4-3-9(2-1-5-18)11(6-10)13(19)15-7-12-16-8-20-17-12/h3-4,6,8,18H,5,7H2,(H,15,19). The first kappa shape index (κ1) is 13.7. The van der Waals surface area contributed by atoms with Gasteiger partial charge in [-0.15, -0.1) is 0 Å².